The molecule has 6 rings (SSSR count). The van der Waals surface area contributed by atoms with E-state index in [1.54, 1.807) is 47.7 Å². The van der Waals surface area contributed by atoms with Crippen molar-refractivity contribution >= 4 is 42.3 Å². The number of carbonyl (C=O) groups excluding carboxylic acids is 3. The average Bonchev–Trinajstić information content (AvgIpc) is 3.61. The second-order valence-electron chi connectivity index (χ2n) is 13.8. The third-order valence-corrected chi connectivity index (χ3v) is 10.9. The zero-order chi connectivity index (χ0) is 41.2. The highest BCUT2D eigenvalue weighted by Crippen LogP contribution is 2.43. The lowest BCUT2D eigenvalue weighted by molar-refractivity contribution is -0.149. The van der Waals surface area contributed by atoms with Gasteiger partial charge in [-0.2, -0.15) is 5.10 Å². The fourth-order valence-corrected chi connectivity index (χ4v) is 8.03. The zero-order valence-corrected chi connectivity index (χ0v) is 33.6. The number of aromatic nitrogens is 4. The van der Waals surface area contributed by atoms with Crippen LogP contribution in [0.15, 0.2) is 97.8 Å². The summed E-state index contributed by atoms with van der Waals surface area (Å²) in [6.45, 7) is 9.52. The number of hydrogen-bond donors (Lipinski definition) is 2. The SMILES string of the molecule is C=CC(=O)N1CCCC(n2nc(-c3ccc(Oc4ccccc4)cc3)c3c(NC(=O)OCc4ccc(OP(=O)(COC)N[C@@H](C)C(=O)OC(C)C)cc4)ncnc32)C1. The number of nitrogens with one attached hydrogen (secondary N) is 2. The van der Waals surface area contributed by atoms with Crippen LogP contribution in [0, 0.1) is 0 Å². The van der Waals surface area contributed by atoms with E-state index in [0.29, 0.717) is 46.9 Å². The molecule has 3 aromatic carbocycles. The Hall–Kier alpha value is -6.09. The molecule has 0 saturated carbocycles. The van der Waals surface area contributed by atoms with Crippen LogP contribution in [0.25, 0.3) is 22.3 Å². The van der Waals surface area contributed by atoms with Gasteiger partial charge in [-0.25, -0.2) is 24.5 Å². The lowest BCUT2D eigenvalue weighted by Crippen LogP contribution is -2.40. The Balaban J connectivity index is 1.19. The topological polar surface area (TPSA) is 185 Å². The van der Waals surface area contributed by atoms with Gasteiger partial charge in [0.1, 0.15) is 48.3 Å². The van der Waals surface area contributed by atoms with Gasteiger partial charge >= 0.3 is 19.6 Å². The first kappa shape index (κ1) is 41.5. The fourth-order valence-electron chi connectivity index (χ4n) is 6.35. The summed E-state index contributed by atoms with van der Waals surface area (Å²) in [6.07, 6.45) is 2.76. The average molecular weight is 812 g/mol. The van der Waals surface area contributed by atoms with E-state index in [-0.39, 0.29) is 42.6 Å². The molecule has 2 aromatic heterocycles. The van der Waals surface area contributed by atoms with Crippen molar-refractivity contribution in [2.45, 2.75) is 58.4 Å². The van der Waals surface area contributed by atoms with E-state index < -0.39 is 25.6 Å². The van der Waals surface area contributed by atoms with Crippen LogP contribution < -0.4 is 19.7 Å². The normalized spacial score (nSPS) is 15.6. The van der Waals surface area contributed by atoms with E-state index in [2.05, 4.69) is 27.0 Å². The number of fused-ring (bicyclic) bond motifs is 1. The molecule has 0 aliphatic carbocycles. The number of ether oxygens (including phenoxy) is 4. The molecule has 2 unspecified atom stereocenters. The van der Waals surface area contributed by atoms with Crippen molar-refractivity contribution in [3.05, 3.63) is 103 Å². The largest absolute Gasteiger partial charge is 0.462 e. The minimum Gasteiger partial charge on any atom is -0.462 e. The number of likely N-dealkylation sites (tertiary alicyclic amines) is 1. The zero-order valence-electron chi connectivity index (χ0n) is 32.7. The maximum atomic E-state index is 13.5. The molecule has 0 spiro atoms. The molecule has 1 fully saturated rings. The Bertz CT molecular complexity index is 2270. The van der Waals surface area contributed by atoms with Crippen LogP contribution in [0.1, 0.15) is 45.2 Å². The maximum Gasteiger partial charge on any atom is 0.413 e. The summed E-state index contributed by atoms with van der Waals surface area (Å²) in [5, 5.41) is 11.0. The molecule has 2 N–H and O–H groups in total. The number of rotatable bonds is 16. The smallest absolute Gasteiger partial charge is 0.413 e. The molecule has 3 atom stereocenters. The Morgan fingerprint density at radius 1 is 0.966 bits per heavy atom. The minimum absolute atomic E-state index is 0.114. The fraction of sp³-hybridized carbons (Fsp3) is 0.317. The number of methoxy groups -OCH3 is 1. The Kier molecular flexibility index (Phi) is 13.5. The molecule has 16 nitrogen and oxygen atoms in total. The van der Waals surface area contributed by atoms with E-state index in [1.807, 2.05) is 54.6 Å². The first-order chi connectivity index (χ1) is 27.9. The predicted octanol–water partition coefficient (Wildman–Crippen LogP) is 7.49. The van der Waals surface area contributed by atoms with Gasteiger partial charge < -0.3 is 28.4 Å². The highest BCUT2D eigenvalue weighted by Gasteiger charge is 2.31. The van der Waals surface area contributed by atoms with Crippen LogP contribution in [0.2, 0.25) is 0 Å². The van der Waals surface area contributed by atoms with Crippen LogP contribution in [0.4, 0.5) is 10.6 Å². The van der Waals surface area contributed by atoms with Crippen molar-refractivity contribution < 1.29 is 42.4 Å². The highest BCUT2D eigenvalue weighted by atomic mass is 31.2. The maximum absolute atomic E-state index is 13.5. The number of nitrogens with zero attached hydrogens (tertiary/aromatic N) is 5. The first-order valence-corrected chi connectivity index (χ1v) is 20.5. The van der Waals surface area contributed by atoms with Gasteiger partial charge in [-0.1, -0.05) is 36.9 Å². The predicted molar refractivity (Wildman–Crippen MR) is 217 cm³/mol. The molecule has 1 aliphatic heterocycles. The second kappa shape index (κ2) is 18.9. The molecule has 17 heteroatoms. The van der Waals surface area contributed by atoms with Crippen molar-refractivity contribution in [1.29, 1.82) is 0 Å². The molecule has 3 heterocycles. The summed E-state index contributed by atoms with van der Waals surface area (Å²) in [4.78, 5) is 48.9. The van der Waals surface area contributed by atoms with Crippen LogP contribution in [-0.4, -0.2) is 81.3 Å². The molecule has 5 aromatic rings. The monoisotopic (exact) mass is 811 g/mol. The third kappa shape index (κ3) is 10.4. The second-order valence-corrected chi connectivity index (χ2v) is 15.8. The summed E-state index contributed by atoms with van der Waals surface area (Å²) in [5.41, 5.74) is 2.33. The summed E-state index contributed by atoms with van der Waals surface area (Å²) in [7, 11) is -2.30. The van der Waals surface area contributed by atoms with Crippen molar-refractivity contribution in [3.63, 3.8) is 0 Å². The van der Waals surface area contributed by atoms with E-state index >= 15 is 0 Å². The Morgan fingerprint density at radius 2 is 1.67 bits per heavy atom. The number of hydrogen-bond acceptors (Lipinski definition) is 12. The van der Waals surface area contributed by atoms with E-state index in [1.165, 1.54) is 26.4 Å². The summed E-state index contributed by atoms with van der Waals surface area (Å²) < 4.78 is 42.9. The molecule has 2 amide bonds. The quantitative estimate of drug-likeness (QED) is 0.0568. The molecule has 1 saturated heterocycles. The molecule has 0 bridgehead atoms. The lowest BCUT2D eigenvalue weighted by Gasteiger charge is -2.32. The van der Waals surface area contributed by atoms with Gasteiger partial charge in [0, 0.05) is 25.8 Å². The van der Waals surface area contributed by atoms with Crippen LogP contribution in [-0.2, 0) is 35.0 Å². The van der Waals surface area contributed by atoms with Gasteiger partial charge in [0.15, 0.2) is 11.5 Å². The van der Waals surface area contributed by atoms with E-state index in [9.17, 15) is 18.9 Å². The van der Waals surface area contributed by atoms with E-state index in [0.717, 1.165) is 18.4 Å². The van der Waals surface area contributed by atoms with Gasteiger partial charge in [0.25, 0.3) is 0 Å². The van der Waals surface area contributed by atoms with Gasteiger partial charge in [0.05, 0.1) is 17.5 Å². The van der Waals surface area contributed by atoms with Gasteiger partial charge in [-0.05, 0) is 93.8 Å². The van der Waals surface area contributed by atoms with Gasteiger partial charge in [-0.15, -0.1) is 0 Å². The number of carbonyl (C=O) groups is 3. The molecule has 304 valence electrons. The first-order valence-electron chi connectivity index (χ1n) is 18.7. The lowest BCUT2D eigenvalue weighted by atomic mass is 10.1. The number of amides is 2. The minimum atomic E-state index is -3.68. The number of para-hydroxylation sites is 1. The molecule has 1 aliphatic rings. The Labute approximate surface area is 336 Å². The Morgan fingerprint density at radius 3 is 2.36 bits per heavy atom. The molecular formula is C41H46N7O9P. The van der Waals surface area contributed by atoms with Crippen LogP contribution in [0.5, 0.6) is 17.2 Å². The highest BCUT2D eigenvalue weighted by molar-refractivity contribution is 7.57. The van der Waals surface area contributed by atoms with Gasteiger partial charge in [0.2, 0.25) is 5.91 Å². The van der Waals surface area contributed by atoms with Crippen molar-refractivity contribution in [2.24, 2.45) is 0 Å². The molecular weight excluding hydrogens is 765 g/mol. The van der Waals surface area contributed by atoms with Crippen molar-refractivity contribution in [3.8, 4) is 28.5 Å². The summed E-state index contributed by atoms with van der Waals surface area (Å²) in [6, 6.07) is 22.2. The van der Waals surface area contributed by atoms with Crippen LogP contribution in [0.3, 0.4) is 0 Å². The molecule has 0 radical (unpaired) electrons. The van der Waals surface area contributed by atoms with Crippen molar-refractivity contribution in [2.75, 3.05) is 31.9 Å². The summed E-state index contributed by atoms with van der Waals surface area (Å²) in [5.74, 6) is 1.02. The number of anilines is 1. The number of benzene rings is 3. The standard InChI is InChI=1S/C41H46N7O9P/c1-6-35(49)47-22-10-11-31(23-47)48-39-36(37(45-48)30-16-20-33(21-17-30)56-32-12-8-7-9-13-32)38(42-25-43-39)44-41(51)54-24-29-14-18-34(19-15-29)57-58(52,26-53-5)46-28(4)40(50)55-27(2)3/h6-9,12-21,25,27-28,31H,1,10-11,22-24,26H2,2-5H3,(H,46,52)(H,42,43,44,51)/t28-,31?,58?/m0/s1. The van der Waals surface area contributed by atoms with Gasteiger partial charge in [-0.3, -0.25) is 19.5 Å². The molecule has 58 heavy (non-hydrogen) atoms. The summed E-state index contributed by atoms with van der Waals surface area (Å²) >= 11 is 0. The number of esters is 1. The third-order valence-electron chi connectivity index (χ3n) is 8.99. The van der Waals surface area contributed by atoms with Crippen LogP contribution >= 0.6 is 7.52 Å². The number of piperidine rings is 1. The van der Waals surface area contributed by atoms with E-state index in [4.69, 9.17) is 28.6 Å². The van der Waals surface area contributed by atoms with Crippen molar-refractivity contribution in [1.82, 2.24) is 29.7 Å².